The molecule has 0 radical (unpaired) electrons. The first-order valence-electron chi connectivity index (χ1n) is 17.0. The SMILES string of the molecule is CCCC(OOC(C)(C)C)(OOC(C)(C)C)C(C)CC(OOC(C)(C)C)(C(=O)O)c1ccc(C(C)C)c(OOC(C)(C)C)c1C(C)C. The zero-order valence-electron chi connectivity index (χ0n) is 32.6. The highest BCUT2D eigenvalue weighted by molar-refractivity contribution is 5.81. The summed E-state index contributed by atoms with van der Waals surface area (Å²) in [6.07, 6.45) is 0.792. The second-order valence-electron chi connectivity index (χ2n) is 17.2. The van der Waals surface area contributed by atoms with E-state index in [1.54, 1.807) is 26.8 Å². The number of hydrogen-bond acceptors (Lipinski definition) is 9. The van der Waals surface area contributed by atoms with E-state index >= 15 is 0 Å². The van der Waals surface area contributed by atoms with E-state index in [9.17, 15) is 9.90 Å². The van der Waals surface area contributed by atoms with E-state index in [2.05, 4.69) is 0 Å². The van der Waals surface area contributed by atoms with Crippen LogP contribution in [0.4, 0.5) is 0 Å². The number of benzene rings is 1. The molecule has 1 aromatic carbocycles. The fourth-order valence-corrected chi connectivity index (χ4v) is 4.71. The number of rotatable bonds is 17. The van der Waals surface area contributed by atoms with Crippen molar-refractivity contribution >= 4 is 5.97 Å². The van der Waals surface area contributed by atoms with E-state index in [4.69, 9.17) is 39.1 Å². The van der Waals surface area contributed by atoms with Gasteiger partial charge in [0.1, 0.15) is 5.60 Å². The molecule has 1 rings (SSSR count). The molecule has 0 saturated carbocycles. The summed E-state index contributed by atoms with van der Waals surface area (Å²) in [5.74, 6) is -3.16. The summed E-state index contributed by atoms with van der Waals surface area (Å²) in [4.78, 5) is 61.8. The Hall–Kier alpha value is -1.79. The summed E-state index contributed by atoms with van der Waals surface area (Å²) < 4.78 is 0. The smallest absolute Gasteiger partial charge is 0.344 e. The van der Waals surface area contributed by atoms with Crippen LogP contribution in [-0.2, 0) is 44.6 Å². The van der Waals surface area contributed by atoms with Gasteiger partial charge in [-0.15, -0.1) is 0 Å². The summed E-state index contributed by atoms with van der Waals surface area (Å²) in [6, 6.07) is 3.66. The standard InChI is InChI=1S/C37H66O10/c1-19-22-37(46-43-34(13,14)15,47-44-35(16,17)18)26(6)23-36(31(38)39,45-42-33(10,11)12)28-21-20-27(24(2)3)30(29(28)25(4)5)40-41-32(7,8)9/h20-21,24-26H,19,22-23H2,1-18H3,(H,38,39). The first-order chi connectivity index (χ1) is 21.1. The molecule has 0 bridgehead atoms. The molecule has 0 aliphatic carbocycles. The fourth-order valence-electron chi connectivity index (χ4n) is 4.71. The Labute approximate surface area is 284 Å². The molecule has 10 heteroatoms. The Morgan fingerprint density at radius 2 is 1.11 bits per heavy atom. The number of aliphatic carboxylic acids is 1. The summed E-state index contributed by atoms with van der Waals surface area (Å²) in [5, 5.41) is 11.3. The molecule has 47 heavy (non-hydrogen) atoms. The molecule has 0 heterocycles. The molecule has 0 fully saturated rings. The van der Waals surface area contributed by atoms with Gasteiger partial charge in [-0.25, -0.2) is 24.3 Å². The zero-order valence-corrected chi connectivity index (χ0v) is 32.6. The van der Waals surface area contributed by atoms with Crippen LogP contribution in [0.25, 0.3) is 0 Å². The monoisotopic (exact) mass is 670 g/mol. The molecule has 1 aromatic rings. The lowest BCUT2D eigenvalue weighted by Gasteiger charge is -2.42. The van der Waals surface area contributed by atoms with Crippen molar-refractivity contribution in [2.45, 2.75) is 190 Å². The molecule has 0 aromatic heterocycles. The van der Waals surface area contributed by atoms with Gasteiger partial charge in [-0.05, 0) is 94.9 Å². The topological polar surface area (TPSA) is 111 Å². The van der Waals surface area contributed by atoms with Gasteiger partial charge in [0.05, 0.1) is 16.8 Å². The third-order valence-electron chi connectivity index (χ3n) is 6.82. The quantitative estimate of drug-likeness (QED) is 0.0976. The molecule has 2 atom stereocenters. The van der Waals surface area contributed by atoms with Gasteiger partial charge < -0.3 is 9.99 Å². The van der Waals surface area contributed by atoms with Crippen LogP contribution >= 0.6 is 0 Å². The van der Waals surface area contributed by atoms with Crippen molar-refractivity contribution < 1.29 is 49.0 Å². The maximum Gasteiger partial charge on any atom is 0.344 e. The lowest BCUT2D eigenvalue weighted by Crippen LogP contribution is -2.51. The van der Waals surface area contributed by atoms with Gasteiger partial charge in [0.15, 0.2) is 5.75 Å². The first-order valence-corrected chi connectivity index (χ1v) is 17.0. The van der Waals surface area contributed by atoms with Crippen LogP contribution in [0, 0.1) is 5.92 Å². The molecule has 0 aliphatic rings. The largest absolute Gasteiger partial charge is 0.479 e. The number of hydrogen-bond donors (Lipinski definition) is 1. The van der Waals surface area contributed by atoms with Crippen molar-refractivity contribution in [3.63, 3.8) is 0 Å². The van der Waals surface area contributed by atoms with Crippen molar-refractivity contribution in [1.29, 1.82) is 0 Å². The molecular formula is C37H66O10. The van der Waals surface area contributed by atoms with Crippen LogP contribution in [-0.4, -0.2) is 39.3 Å². The molecule has 0 aliphatic heterocycles. The lowest BCUT2D eigenvalue weighted by atomic mass is 9.76. The van der Waals surface area contributed by atoms with E-state index in [0.29, 0.717) is 29.7 Å². The minimum absolute atomic E-state index is 0.0492. The fraction of sp³-hybridized carbons (Fsp3) is 0.811. The van der Waals surface area contributed by atoms with Crippen LogP contribution in [0.5, 0.6) is 5.75 Å². The van der Waals surface area contributed by atoms with E-state index in [-0.39, 0.29) is 18.3 Å². The summed E-state index contributed by atoms with van der Waals surface area (Å²) in [5.41, 5.74) is -3.05. The average Bonchev–Trinajstić information content (AvgIpc) is 2.88. The van der Waals surface area contributed by atoms with Crippen molar-refractivity contribution in [3.8, 4) is 5.75 Å². The Balaban J connectivity index is 4.18. The highest BCUT2D eigenvalue weighted by atomic mass is 17.3. The molecule has 2 unspecified atom stereocenters. The van der Waals surface area contributed by atoms with E-state index in [0.717, 1.165) is 5.56 Å². The second-order valence-corrected chi connectivity index (χ2v) is 17.2. The van der Waals surface area contributed by atoms with Gasteiger partial charge in [-0.3, -0.25) is 0 Å². The van der Waals surface area contributed by atoms with Crippen molar-refractivity contribution in [2.24, 2.45) is 5.92 Å². The molecule has 0 amide bonds. The molecule has 1 N–H and O–H groups in total. The Morgan fingerprint density at radius 3 is 1.47 bits per heavy atom. The third-order valence-corrected chi connectivity index (χ3v) is 6.82. The van der Waals surface area contributed by atoms with Gasteiger partial charge in [0.25, 0.3) is 0 Å². The van der Waals surface area contributed by atoms with Crippen LogP contribution < -0.4 is 4.89 Å². The molecular weight excluding hydrogens is 604 g/mol. The molecule has 0 saturated heterocycles. The van der Waals surface area contributed by atoms with Crippen molar-refractivity contribution in [2.75, 3.05) is 0 Å². The predicted molar refractivity (Wildman–Crippen MR) is 183 cm³/mol. The van der Waals surface area contributed by atoms with Crippen LogP contribution in [0.15, 0.2) is 12.1 Å². The van der Waals surface area contributed by atoms with Crippen LogP contribution in [0.2, 0.25) is 0 Å². The van der Waals surface area contributed by atoms with Crippen LogP contribution in [0.1, 0.15) is 172 Å². The zero-order chi connectivity index (χ0) is 36.8. The van der Waals surface area contributed by atoms with Crippen LogP contribution in [0.3, 0.4) is 0 Å². The summed E-state index contributed by atoms with van der Waals surface area (Å²) in [6.45, 7) is 34.0. The van der Waals surface area contributed by atoms with Gasteiger partial charge in [0, 0.05) is 35.4 Å². The minimum Gasteiger partial charge on any atom is -0.479 e. The van der Waals surface area contributed by atoms with Gasteiger partial charge in [0.2, 0.25) is 11.4 Å². The lowest BCUT2D eigenvalue weighted by molar-refractivity contribution is -0.554. The first kappa shape index (κ1) is 43.2. The Bertz CT molecular complexity index is 1110. The molecule has 10 nitrogen and oxygen atoms in total. The highest BCUT2D eigenvalue weighted by Gasteiger charge is 2.54. The predicted octanol–water partition coefficient (Wildman–Crippen LogP) is 10.1. The highest BCUT2D eigenvalue weighted by Crippen LogP contribution is 2.48. The number of carboxylic acid groups (broad SMARTS) is 1. The van der Waals surface area contributed by atoms with Gasteiger partial charge >= 0.3 is 5.97 Å². The number of carboxylic acids is 1. The average molecular weight is 671 g/mol. The maximum atomic E-state index is 13.8. The van der Waals surface area contributed by atoms with Crippen molar-refractivity contribution in [1.82, 2.24) is 0 Å². The minimum atomic E-state index is -2.06. The Morgan fingerprint density at radius 1 is 0.660 bits per heavy atom. The molecule has 0 spiro atoms. The van der Waals surface area contributed by atoms with Gasteiger partial charge in [-0.2, -0.15) is 14.7 Å². The van der Waals surface area contributed by atoms with Crippen molar-refractivity contribution in [3.05, 3.63) is 28.8 Å². The second kappa shape index (κ2) is 16.3. The van der Waals surface area contributed by atoms with E-state index in [1.165, 1.54) is 0 Å². The summed E-state index contributed by atoms with van der Waals surface area (Å²) in [7, 11) is 0. The third kappa shape index (κ3) is 13.2. The van der Waals surface area contributed by atoms with Gasteiger partial charge in [-0.1, -0.05) is 60.1 Å². The maximum absolute atomic E-state index is 13.8. The number of carbonyl (C=O) groups is 1. The van der Waals surface area contributed by atoms with E-state index < -0.39 is 45.7 Å². The molecule has 274 valence electrons. The van der Waals surface area contributed by atoms with E-state index in [1.807, 2.05) is 110 Å². The Kier molecular flexibility index (Phi) is 15.0. The summed E-state index contributed by atoms with van der Waals surface area (Å²) >= 11 is 0. The normalized spacial score (nSPS) is 15.7.